The van der Waals surface area contributed by atoms with E-state index in [1.807, 2.05) is 0 Å². The first-order valence-corrected chi connectivity index (χ1v) is 3.80. The molecule has 72 valence electrons. The molecule has 0 aromatic heterocycles. The molecule has 0 fully saturated rings. The lowest BCUT2D eigenvalue weighted by Gasteiger charge is -2.08. The summed E-state index contributed by atoms with van der Waals surface area (Å²) in [4.78, 5) is 0. The van der Waals surface area contributed by atoms with Crippen LogP contribution >= 0.6 is 0 Å². The van der Waals surface area contributed by atoms with E-state index in [9.17, 15) is 13.2 Å². The van der Waals surface area contributed by atoms with Crippen LogP contribution in [-0.4, -0.2) is 17.6 Å². The van der Waals surface area contributed by atoms with Crippen molar-refractivity contribution in [3.63, 3.8) is 0 Å². The third-order valence-corrected chi connectivity index (χ3v) is 1.65. The maximum Gasteiger partial charge on any atom is 0.264 e. The Hall–Kier alpha value is -1.03. The fourth-order valence-corrected chi connectivity index (χ4v) is 0.951. The third-order valence-electron chi connectivity index (χ3n) is 1.65. The number of alkyl halides is 2. The summed E-state index contributed by atoms with van der Waals surface area (Å²) in [6.45, 7) is 0. The first-order valence-electron chi connectivity index (χ1n) is 3.80. The number of aliphatic hydroxyl groups is 1. The molecule has 0 aliphatic carbocycles. The highest BCUT2D eigenvalue weighted by molar-refractivity contribution is 5.16. The molecule has 1 unspecified atom stereocenters. The van der Waals surface area contributed by atoms with E-state index in [4.69, 9.17) is 5.11 Å². The molecule has 0 saturated carbocycles. The Morgan fingerprint density at radius 3 is 2.15 bits per heavy atom. The minimum atomic E-state index is -2.76. The highest BCUT2D eigenvalue weighted by Gasteiger charge is 2.16. The zero-order valence-electron chi connectivity index (χ0n) is 6.75. The van der Waals surface area contributed by atoms with E-state index in [1.54, 1.807) is 0 Å². The number of benzene rings is 1. The molecule has 1 aromatic rings. The maximum absolute atomic E-state index is 12.4. The summed E-state index contributed by atoms with van der Waals surface area (Å²) < 4.78 is 36.1. The number of hydrogen-bond acceptors (Lipinski definition) is 1. The van der Waals surface area contributed by atoms with Gasteiger partial charge in [0, 0.05) is 6.42 Å². The van der Waals surface area contributed by atoms with Crippen molar-refractivity contribution in [1.82, 2.24) is 0 Å². The second-order valence-corrected chi connectivity index (χ2v) is 2.73. The van der Waals surface area contributed by atoms with Gasteiger partial charge in [-0.15, -0.1) is 0 Å². The summed E-state index contributed by atoms with van der Waals surface area (Å²) in [5.41, 5.74) is 0.495. The zero-order valence-corrected chi connectivity index (χ0v) is 6.75. The van der Waals surface area contributed by atoms with E-state index in [0.29, 0.717) is 5.56 Å². The standard InChI is InChI=1S/C9H9F3O/c10-7-3-1-6(2-4-7)5-8(13)9(11)12/h1-4,8-9,13H,5H2. The molecule has 0 aliphatic rings. The van der Waals surface area contributed by atoms with Gasteiger partial charge in [-0.1, -0.05) is 12.1 Å². The van der Waals surface area contributed by atoms with Gasteiger partial charge in [0.05, 0.1) is 0 Å². The van der Waals surface area contributed by atoms with Crippen molar-refractivity contribution in [3.8, 4) is 0 Å². The smallest absolute Gasteiger partial charge is 0.264 e. The Kier molecular flexibility index (Phi) is 3.31. The summed E-state index contributed by atoms with van der Waals surface area (Å²) >= 11 is 0. The lowest BCUT2D eigenvalue weighted by atomic mass is 10.1. The molecular weight excluding hydrogens is 181 g/mol. The number of rotatable bonds is 3. The maximum atomic E-state index is 12.4. The predicted molar refractivity (Wildman–Crippen MR) is 42.1 cm³/mol. The highest BCUT2D eigenvalue weighted by Crippen LogP contribution is 2.10. The Labute approximate surface area is 73.8 Å². The molecular formula is C9H9F3O. The largest absolute Gasteiger partial charge is 0.387 e. The molecule has 1 atom stereocenters. The van der Waals surface area contributed by atoms with E-state index in [0.717, 1.165) is 0 Å². The molecule has 0 radical (unpaired) electrons. The van der Waals surface area contributed by atoms with E-state index >= 15 is 0 Å². The molecule has 0 amide bonds. The predicted octanol–water partition coefficient (Wildman–Crippen LogP) is 1.99. The quantitative estimate of drug-likeness (QED) is 0.772. The van der Waals surface area contributed by atoms with Crippen LogP contribution < -0.4 is 0 Å². The number of hydrogen-bond donors (Lipinski definition) is 1. The molecule has 0 aliphatic heterocycles. The monoisotopic (exact) mass is 190 g/mol. The van der Waals surface area contributed by atoms with Crippen molar-refractivity contribution < 1.29 is 18.3 Å². The summed E-state index contributed by atoms with van der Waals surface area (Å²) in [6.07, 6.45) is -4.59. The summed E-state index contributed by atoms with van der Waals surface area (Å²) in [5.74, 6) is -0.421. The molecule has 1 nitrogen and oxygen atoms in total. The van der Waals surface area contributed by atoms with Gasteiger partial charge in [0.2, 0.25) is 0 Å². The summed E-state index contributed by atoms with van der Waals surface area (Å²) in [7, 11) is 0. The Bertz CT molecular complexity index is 258. The van der Waals surface area contributed by atoms with Crippen molar-refractivity contribution in [2.24, 2.45) is 0 Å². The Morgan fingerprint density at radius 2 is 1.69 bits per heavy atom. The Balaban J connectivity index is 2.59. The second kappa shape index (κ2) is 4.28. The highest BCUT2D eigenvalue weighted by atomic mass is 19.3. The Morgan fingerprint density at radius 1 is 1.15 bits per heavy atom. The van der Waals surface area contributed by atoms with E-state index < -0.39 is 18.3 Å². The van der Waals surface area contributed by atoms with Crippen LogP contribution in [0.4, 0.5) is 13.2 Å². The van der Waals surface area contributed by atoms with Gasteiger partial charge in [-0.3, -0.25) is 0 Å². The topological polar surface area (TPSA) is 20.2 Å². The third kappa shape index (κ3) is 3.06. The molecule has 0 heterocycles. The van der Waals surface area contributed by atoms with E-state index in [1.165, 1.54) is 24.3 Å². The zero-order chi connectivity index (χ0) is 9.84. The minimum Gasteiger partial charge on any atom is -0.387 e. The fraction of sp³-hybridized carbons (Fsp3) is 0.333. The second-order valence-electron chi connectivity index (χ2n) is 2.73. The SMILES string of the molecule is OC(Cc1ccc(F)cc1)C(F)F. The van der Waals surface area contributed by atoms with Crippen molar-refractivity contribution in [1.29, 1.82) is 0 Å². The van der Waals surface area contributed by atoms with Crippen LogP contribution in [0.1, 0.15) is 5.56 Å². The van der Waals surface area contributed by atoms with E-state index in [2.05, 4.69) is 0 Å². The average Bonchev–Trinajstić information content (AvgIpc) is 2.08. The minimum absolute atomic E-state index is 0.155. The van der Waals surface area contributed by atoms with Gasteiger partial charge in [0.1, 0.15) is 11.9 Å². The van der Waals surface area contributed by atoms with E-state index in [-0.39, 0.29) is 6.42 Å². The average molecular weight is 190 g/mol. The summed E-state index contributed by atoms with van der Waals surface area (Å²) in [6, 6.07) is 5.10. The number of halogens is 3. The molecule has 1 rings (SSSR count). The van der Waals surface area contributed by atoms with Gasteiger partial charge >= 0.3 is 0 Å². The lowest BCUT2D eigenvalue weighted by molar-refractivity contribution is -0.00366. The van der Waals surface area contributed by atoms with Crippen LogP contribution in [-0.2, 0) is 6.42 Å². The molecule has 13 heavy (non-hydrogen) atoms. The molecule has 4 heteroatoms. The van der Waals surface area contributed by atoms with Gasteiger partial charge in [0.25, 0.3) is 6.43 Å². The fourth-order valence-electron chi connectivity index (χ4n) is 0.951. The molecule has 1 N–H and O–H groups in total. The first-order chi connectivity index (χ1) is 6.09. The number of aliphatic hydroxyl groups excluding tert-OH is 1. The molecule has 0 spiro atoms. The van der Waals surface area contributed by atoms with Gasteiger partial charge < -0.3 is 5.11 Å². The van der Waals surface area contributed by atoms with Crippen LogP contribution in [0.2, 0.25) is 0 Å². The van der Waals surface area contributed by atoms with Gasteiger partial charge in [0.15, 0.2) is 0 Å². The van der Waals surface area contributed by atoms with Crippen molar-refractivity contribution >= 4 is 0 Å². The van der Waals surface area contributed by atoms with Crippen LogP contribution in [0.15, 0.2) is 24.3 Å². The normalized spacial score (nSPS) is 13.3. The van der Waals surface area contributed by atoms with Gasteiger partial charge in [-0.05, 0) is 17.7 Å². The van der Waals surface area contributed by atoms with Crippen molar-refractivity contribution in [2.45, 2.75) is 19.0 Å². The van der Waals surface area contributed by atoms with Crippen LogP contribution in [0, 0.1) is 5.82 Å². The van der Waals surface area contributed by atoms with Gasteiger partial charge in [-0.2, -0.15) is 0 Å². The van der Waals surface area contributed by atoms with Crippen molar-refractivity contribution in [2.75, 3.05) is 0 Å². The first kappa shape index (κ1) is 10.1. The van der Waals surface area contributed by atoms with Crippen LogP contribution in [0.5, 0.6) is 0 Å². The summed E-state index contributed by atoms with van der Waals surface area (Å²) in [5, 5.41) is 8.81. The lowest BCUT2D eigenvalue weighted by Crippen LogP contribution is -2.19. The van der Waals surface area contributed by atoms with Crippen molar-refractivity contribution in [3.05, 3.63) is 35.6 Å². The molecule has 0 bridgehead atoms. The van der Waals surface area contributed by atoms with Crippen LogP contribution in [0.25, 0.3) is 0 Å². The van der Waals surface area contributed by atoms with Gasteiger partial charge in [-0.25, -0.2) is 13.2 Å². The van der Waals surface area contributed by atoms with Crippen LogP contribution in [0.3, 0.4) is 0 Å². The molecule has 0 saturated heterocycles. The molecule has 1 aromatic carbocycles.